The van der Waals surface area contributed by atoms with Crippen molar-refractivity contribution < 1.29 is 23.0 Å². The van der Waals surface area contributed by atoms with Crippen molar-refractivity contribution >= 4 is 11.8 Å². The number of halogens is 3. The van der Waals surface area contributed by atoms with E-state index < -0.39 is 17.8 Å². The van der Waals surface area contributed by atoms with Gasteiger partial charge in [0.2, 0.25) is 0 Å². The van der Waals surface area contributed by atoms with Crippen molar-refractivity contribution in [1.29, 1.82) is 10.8 Å². The third-order valence-electron chi connectivity index (χ3n) is 3.84. The molecule has 0 aliphatic rings. The number of ether oxygens (including phenoxy) is 1. The lowest BCUT2D eigenvalue weighted by atomic mass is 9.95. The highest BCUT2D eigenvalue weighted by atomic mass is 19.4. The minimum absolute atomic E-state index is 0.104. The molecule has 0 fully saturated rings. The third-order valence-corrected chi connectivity index (χ3v) is 3.84. The van der Waals surface area contributed by atoms with Crippen LogP contribution in [-0.2, 0) is 10.9 Å². The van der Waals surface area contributed by atoms with Crippen LogP contribution in [0.5, 0.6) is 0 Å². The van der Waals surface area contributed by atoms with Gasteiger partial charge in [0, 0.05) is 6.92 Å². The second kappa shape index (κ2) is 7.70. The molecule has 0 bridgehead atoms. The first kappa shape index (κ1) is 19.7. The summed E-state index contributed by atoms with van der Waals surface area (Å²) >= 11 is 0. The number of aliphatic hydroxyl groups is 1. The number of nitrogens with one attached hydrogen (secondary N) is 2. The van der Waals surface area contributed by atoms with E-state index in [9.17, 15) is 18.3 Å². The lowest BCUT2D eigenvalue weighted by molar-refractivity contribution is -0.137. The van der Waals surface area contributed by atoms with E-state index in [-0.39, 0.29) is 18.2 Å². The number of aliphatic hydroxyl groups excluding tert-OH is 1. The van der Waals surface area contributed by atoms with Crippen LogP contribution in [0.15, 0.2) is 42.5 Å². The summed E-state index contributed by atoms with van der Waals surface area (Å²) in [6, 6.07) is 10.0. The molecule has 26 heavy (non-hydrogen) atoms. The Bertz CT molecular complexity index is 815. The zero-order valence-electron chi connectivity index (χ0n) is 14.3. The van der Waals surface area contributed by atoms with Gasteiger partial charge in [0.15, 0.2) is 11.8 Å². The molecule has 0 aliphatic heterocycles. The van der Waals surface area contributed by atoms with Crippen molar-refractivity contribution in [3.05, 3.63) is 59.2 Å². The van der Waals surface area contributed by atoms with E-state index in [1.165, 1.54) is 19.1 Å². The largest absolute Gasteiger partial charge is 0.430 e. The van der Waals surface area contributed by atoms with Crippen molar-refractivity contribution in [1.82, 2.24) is 0 Å². The first-order chi connectivity index (χ1) is 12.1. The van der Waals surface area contributed by atoms with E-state index in [0.29, 0.717) is 16.7 Å². The maximum atomic E-state index is 12.7. The SMILES string of the molecule is CC(=N)OC(=N)CC(O)c1cc(-c2ccc(C(F)(F)F)cc2)ccc1C. The van der Waals surface area contributed by atoms with Gasteiger partial charge in [-0.2, -0.15) is 13.2 Å². The van der Waals surface area contributed by atoms with E-state index in [4.69, 9.17) is 15.6 Å². The van der Waals surface area contributed by atoms with Crippen LogP contribution in [0, 0.1) is 17.7 Å². The fourth-order valence-corrected chi connectivity index (χ4v) is 2.54. The van der Waals surface area contributed by atoms with Gasteiger partial charge in [0.1, 0.15) is 0 Å². The minimum atomic E-state index is -4.39. The molecule has 2 rings (SSSR count). The Morgan fingerprint density at radius 2 is 1.65 bits per heavy atom. The maximum absolute atomic E-state index is 12.7. The van der Waals surface area contributed by atoms with Gasteiger partial charge in [-0.15, -0.1) is 0 Å². The van der Waals surface area contributed by atoms with Crippen molar-refractivity contribution in [3.8, 4) is 11.1 Å². The van der Waals surface area contributed by atoms with Gasteiger partial charge in [0.05, 0.1) is 18.1 Å². The Labute approximate surface area is 149 Å². The third kappa shape index (κ3) is 4.92. The summed E-state index contributed by atoms with van der Waals surface area (Å²) in [4.78, 5) is 0. The topological polar surface area (TPSA) is 77.2 Å². The van der Waals surface area contributed by atoms with E-state index in [0.717, 1.165) is 17.7 Å². The average molecular weight is 364 g/mol. The van der Waals surface area contributed by atoms with Crippen LogP contribution in [0.2, 0.25) is 0 Å². The fraction of sp³-hybridized carbons (Fsp3) is 0.263. The second-order valence-corrected chi connectivity index (χ2v) is 5.95. The zero-order chi connectivity index (χ0) is 19.5. The number of hydrogen-bond acceptors (Lipinski definition) is 4. The van der Waals surface area contributed by atoms with Crippen molar-refractivity contribution in [2.75, 3.05) is 0 Å². The molecule has 3 N–H and O–H groups in total. The van der Waals surface area contributed by atoms with Crippen LogP contribution >= 0.6 is 0 Å². The van der Waals surface area contributed by atoms with Crippen LogP contribution in [0.4, 0.5) is 13.2 Å². The lowest BCUT2D eigenvalue weighted by Gasteiger charge is -2.16. The summed E-state index contributed by atoms with van der Waals surface area (Å²) < 4.78 is 42.9. The Kier molecular flexibility index (Phi) is 5.82. The van der Waals surface area contributed by atoms with Crippen LogP contribution in [-0.4, -0.2) is 16.9 Å². The van der Waals surface area contributed by atoms with Crippen LogP contribution < -0.4 is 0 Å². The highest BCUT2D eigenvalue weighted by Gasteiger charge is 2.30. The summed E-state index contributed by atoms with van der Waals surface area (Å²) in [6.07, 6.45) is -5.51. The molecule has 0 aromatic heterocycles. The standard InChI is InChI=1S/C19H19F3N2O2/c1-11-3-4-14(13-5-7-15(8-6-13)19(20,21)22)9-16(11)17(25)10-18(24)26-12(2)23/h3-9,17,23-25H,10H2,1-2H3. The number of rotatable bonds is 4. The Morgan fingerprint density at radius 3 is 2.19 bits per heavy atom. The van der Waals surface area contributed by atoms with Crippen LogP contribution in [0.1, 0.15) is 36.1 Å². The molecule has 0 aliphatic carbocycles. The molecule has 0 amide bonds. The normalized spacial score (nSPS) is 12.5. The second-order valence-electron chi connectivity index (χ2n) is 5.95. The number of aryl methyl sites for hydroxylation is 1. The Hall–Kier alpha value is -2.67. The van der Waals surface area contributed by atoms with E-state index in [2.05, 4.69) is 0 Å². The van der Waals surface area contributed by atoms with Crippen LogP contribution in [0.3, 0.4) is 0 Å². The molecule has 4 nitrogen and oxygen atoms in total. The smallest absolute Gasteiger partial charge is 0.416 e. The molecular formula is C19H19F3N2O2. The lowest BCUT2D eigenvalue weighted by Crippen LogP contribution is -2.12. The maximum Gasteiger partial charge on any atom is 0.416 e. The van der Waals surface area contributed by atoms with Gasteiger partial charge in [-0.25, -0.2) is 0 Å². The van der Waals surface area contributed by atoms with E-state index >= 15 is 0 Å². The number of alkyl halides is 3. The van der Waals surface area contributed by atoms with Crippen molar-refractivity contribution in [2.24, 2.45) is 0 Å². The fourth-order valence-electron chi connectivity index (χ4n) is 2.54. The average Bonchev–Trinajstić information content (AvgIpc) is 2.53. The summed E-state index contributed by atoms with van der Waals surface area (Å²) in [5.41, 5.74) is 1.87. The zero-order valence-corrected chi connectivity index (χ0v) is 14.3. The van der Waals surface area contributed by atoms with Crippen molar-refractivity contribution in [2.45, 2.75) is 32.5 Å². The predicted octanol–water partition coefficient (Wildman–Crippen LogP) is 5.10. The van der Waals surface area contributed by atoms with Gasteiger partial charge in [0.25, 0.3) is 0 Å². The molecule has 1 atom stereocenters. The Balaban J connectivity index is 2.26. The summed E-state index contributed by atoms with van der Waals surface area (Å²) in [6.45, 7) is 3.18. The summed E-state index contributed by atoms with van der Waals surface area (Å²) in [5, 5.41) is 25.2. The van der Waals surface area contributed by atoms with E-state index in [1.54, 1.807) is 25.1 Å². The monoisotopic (exact) mass is 364 g/mol. The molecule has 2 aromatic rings. The molecule has 0 spiro atoms. The summed E-state index contributed by atoms with van der Waals surface area (Å²) in [7, 11) is 0. The van der Waals surface area contributed by atoms with Gasteiger partial charge in [-0.1, -0.05) is 24.3 Å². The van der Waals surface area contributed by atoms with Gasteiger partial charge < -0.3 is 9.84 Å². The highest BCUT2D eigenvalue weighted by molar-refractivity contribution is 5.87. The van der Waals surface area contributed by atoms with Crippen LogP contribution in [0.25, 0.3) is 11.1 Å². The Morgan fingerprint density at radius 1 is 1.08 bits per heavy atom. The van der Waals surface area contributed by atoms with E-state index in [1.807, 2.05) is 0 Å². The van der Waals surface area contributed by atoms with Gasteiger partial charge in [-0.05, 0) is 47.4 Å². The number of hydrogen-bond donors (Lipinski definition) is 3. The molecule has 0 heterocycles. The molecule has 138 valence electrons. The summed E-state index contributed by atoms with van der Waals surface area (Å²) in [5.74, 6) is -0.373. The first-order valence-corrected chi connectivity index (χ1v) is 7.84. The first-order valence-electron chi connectivity index (χ1n) is 7.84. The highest BCUT2D eigenvalue weighted by Crippen LogP contribution is 2.32. The molecule has 0 saturated carbocycles. The van der Waals surface area contributed by atoms with Crippen molar-refractivity contribution in [3.63, 3.8) is 0 Å². The molecule has 7 heteroatoms. The molecule has 0 saturated heterocycles. The number of benzene rings is 2. The minimum Gasteiger partial charge on any atom is -0.430 e. The molecular weight excluding hydrogens is 345 g/mol. The molecule has 0 radical (unpaired) electrons. The quantitative estimate of drug-likeness (QED) is 0.522. The van der Waals surface area contributed by atoms with Gasteiger partial charge in [-0.3, -0.25) is 10.8 Å². The predicted molar refractivity (Wildman–Crippen MR) is 93.4 cm³/mol. The molecule has 2 aromatic carbocycles. The molecule has 1 unspecified atom stereocenters. The van der Waals surface area contributed by atoms with Gasteiger partial charge >= 0.3 is 6.18 Å².